The van der Waals surface area contributed by atoms with Gasteiger partial charge in [-0.15, -0.1) is 0 Å². The molecule has 5 heteroatoms. The predicted octanol–water partition coefficient (Wildman–Crippen LogP) is 3.40. The van der Waals surface area contributed by atoms with Gasteiger partial charge in [-0.3, -0.25) is 4.79 Å². The smallest absolute Gasteiger partial charge is 0.408 e. The molecule has 1 aromatic rings. The molecule has 0 radical (unpaired) electrons. The molecule has 0 aliphatic heterocycles. The lowest BCUT2D eigenvalue weighted by Gasteiger charge is -2.29. The average molecular weight is 354 g/mol. The molecule has 0 bridgehead atoms. The zero-order valence-electron chi connectivity index (χ0n) is 12.7. The highest BCUT2D eigenvalue weighted by atomic mass is 79.9. The molecule has 114 valence electrons. The third-order valence-electron chi connectivity index (χ3n) is 3.60. The fourth-order valence-electron chi connectivity index (χ4n) is 2.58. The fourth-order valence-corrected chi connectivity index (χ4v) is 3.13. The summed E-state index contributed by atoms with van der Waals surface area (Å²) in [4.78, 5) is 24.2. The number of fused-ring (bicyclic) bond motifs is 1. The summed E-state index contributed by atoms with van der Waals surface area (Å²) in [7, 11) is 0. The maximum atomic E-state index is 12.2. The van der Waals surface area contributed by atoms with Crippen LogP contribution < -0.4 is 5.32 Å². The summed E-state index contributed by atoms with van der Waals surface area (Å²) >= 11 is 3.51. The molecule has 0 fully saturated rings. The number of hydrogen-bond donors (Lipinski definition) is 1. The minimum absolute atomic E-state index is 0.0588. The van der Waals surface area contributed by atoms with E-state index in [4.69, 9.17) is 4.74 Å². The first-order valence-electron chi connectivity index (χ1n) is 6.91. The van der Waals surface area contributed by atoms with E-state index in [1.54, 1.807) is 20.8 Å². The number of carbonyl (C=O) groups excluding carboxylic acids is 2. The number of carbonyl (C=O) groups is 2. The van der Waals surface area contributed by atoms with Crippen LogP contribution in [0.15, 0.2) is 22.7 Å². The number of nitrogens with one attached hydrogen (secondary N) is 1. The first-order valence-corrected chi connectivity index (χ1v) is 7.71. The summed E-state index contributed by atoms with van der Waals surface area (Å²) in [5, 5.41) is 2.79. The number of benzene rings is 1. The molecule has 1 atom stereocenters. The van der Waals surface area contributed by atoms with Crippen molar-refractivity contribution in [2.45, 2.75) is 51.7 Å². The topological polar surface area (TPSA) is 55.4 Å². The van der Waals surface area contributed by atoms with E-state index < -0.39 is 17.2 Å². The van der Waals surface area contributed by atoms with Crippen LogP contribution in [-0.2, 0) is 22.4 Å². The molecule has 21 heavy (non-hydrogen) atoms. The van der Waals surface area contributed by atoms with Crippen molar-refractivity contribution >= 4 is 27.8 Å². The molecule has 4 nitrogen and oxygen atoms in total. The number of hydrogen-bond acceptors (Lipinski definition) is 3. The molecule has 1 aromatic carbocycles. The summed E-state index contributed by atoms with van der Waals surface area (Å²) in [6.07, 6.45) is 0.427. The largest absolute Gasteiger partial charge is 0.444 e. The highest BCUT2D eigenvalue weighted by Gasteiger charge is 2.44. The Balaban J connectivity index is 2.24. The van der Waals surface area contributed by atoms with Crippen LogP contribution in [-0.4, -0.2) is 23.0 Å². The molecule has 0 saturated carbocycles. The lowest BCUT2D eigenvalue weighted by Crippen LogP contribution is -2.55. The van der Waals surface area contributed by atoms with Gasteiger partial charge in [-0.2, -0.15) is 0 Å². The lowest BCUT2D eigenvalue weighted by molar-refractivity contribution is -0.123. The van der Waals surface area contributed by atoms with Gasteiger partial charge in [0.2, 0.25) is 0 Å². The van der Waals surface area contributed by atoms with E-state index in [1.165, 1.54) is 6.92 Å². The molecule has 2 rings (SSSR count). The number of rotatable bonds is 2. The number of amides is 1. The van der Waals surface area contributed by atoms with Crippen molar-refractivity contribution in [2.24, 2.45) is 0 Å². The van der Waals surface area contributed by atoms with Crippen LogP contribution in [0.5, 0.6) is 0 Å². The van der Waals surface area contributed by atoms with Gasteiger partial charge in [0.05, 0.1) is 0 Å². The fraction of sp³-hybridized carbons (Fsp3) is 0.500. The van der Waals surface area contributed by atoms with Gasteiger partial charge in [0, 0.05) is 17.3 Å². The monoisotopic (exact) mass is 353 g/mol. The second-order valence-corrected chi connectivity index (χ2v) is 7.35. The number of Topliss-reactive ketones (excluding diaryl/α,β-unsaturated/α-hetero) is 1. The van der Waals surface area contributed by atoms with Gasteiger partial charge < -0.3 is 10.1 Å². The molecular formula is C16H20BrNO3. The molecule has 1 amide bonds. The quantitative estimate of drug-likeness (QED) is 0.886. The van der Waals surface area contributed by atoms with Crippen LogP contribution in [0.2, 0.25) is 0 Å². The zero-order chi connectivity index (χ0) is 15.8. The second kappa shape index (κ2) is 5.44. The van der Waals surface area contributed by atoms with Crippen LogP contribution in [0, 0.1) is 0 Å². The molecule has 1 aliphatic rings. The summed E-state index contributed by atoms with van der Waals surface area (Å²) in [6, 6.07) is 5.87. The minimum Gasteiger partial charge on any atom is -0.444 e. The van der Waals surface area contributed by atoms with Gasteiger partial charge in [-0.25, -0.2) is 4.79 Å². The summed E-state index contributed by atoms with van der Waals surface area (Å²) in [5.74, 6) is -0.0588. The van der Waals surface area contributed by atoms with Crippen molar-refractivity contribution < 1.29 is 14.3 Å². The normalized spacial score (nSPS) is 20.8. The zero-order valence-corrected chi connectivity index (χ0v) is 14.3. The first-order chi connectivity index (χ1) is 9.63. The van der Waals surface area contributed by atoms with Crippen molar-refractivity contribution in [2.75, 3.05) is 0 Å². The molecule has 1 aliphatic carbocycles. The van der Waals surface area contributed by atoms with Crippen LogP contribution in [0.4, 0.5) is 4.79 Å². The molecular weight excluding hydrogens is 334 g/mol. The number of ether oxygens (including phenoxy) is 1. The third kappa shape index (κ3) is 3.46. The van der Waals surface area contributed by atoms with Crippen LogP contribution in [0.1, 0.15) is 38.8 Å². The Kier molecular flexibility index (Phi) is 4.15. The van der Waals surface area contributed by atoms with Gasteiger partial charge in [0.15, 0.2) is 5.78 Å². The maximum absolute atomic E-state index is 12.2. The van der Waals surface area contributed by atoms with Crippen molar-refractivity contribution in [1.29, 1.82) is 0 Å². The Labute approximate surface area is 133 Å². The van der Waals surface area contributed by atoms with E-state index in [-0.39, 0.29) is 5.78 Å². The first kappa shape index (κ1) is 16.0. The van der Waals surface area contributed by atoms with E-state index in [2.05, 4.69) is 21.2 Å². The van der Waals surface area contributed by atoms with Crippen LogP contribution in [0.3, 0.4) is 0 Å². The predicted molar refractivity (Wildman–Crippen MR) is 84.3 cm³/mol. The Morgan fingerprint density at radius 3 is 2.48 bits per heavy atom. The molecule has 0 spiro atoms. The Bertz CT molecular complexity index is 592. The van der Waals surface area contributed by atoms with Gasteiger partial charge in [0.1, 0.15) is 11.1 Å². The van der Waals surface area contributed by atoms with Crippen molar-refractivity contribution in [3.05, 3.63) is 33.8 Å². The Hall–Kier alpha value is -1.36. The van der Waals surface area contributed by atoms with Gasteiger partial charge >= 0.3 is 6.09 Å². The number of halogens is 1. The van der Waals surface area contributed by atoms with Crippen molar-refractivity contribution in [1.82, 2.24) is 5.32 Å². The number of alkyl carbamates (subject to hydrolysis) is 1. The standard InChI is InChI=1S/C16H20BrNO3/c1-10(19)16(18-14(20)21-15(2,3)4)8-11-6-5-7-13(17)12(11)9-16/h5-7H,8-9H2,1-4H3,(H,18,20). The maximum Gasteiger partial charge on any atom is 0.408 e. The van der Waals surface area contributed by atoms with Gasteiger partial charge in [0.25, 0.3) is 0 Å². The van der Waals surface area contributed by atoms with Gasteiger partial charge in [-0.05, 0) is 44.9 Å². The van der Waals surface area contributed by atoms with E-state index in [9.17, 15) is 9.59 Å². The highest BCUT2D eigenvalue weighted by Crippen LogP contribution is 2.35. The lowest BCUT2D eigenvalue weighted by atomic mass is 9.91. The summed E-state index contributed by atoms with van der Waals surface area (Å²) in [6.45, 7) is 6.91. The molecule has 0 saturated heterocycles. The van der Waals surface area contributed by atoms with E-state index in [1.807, 2.05) is 18.2 Å². The van der Waals surface area contributed by atoms with Crippen molar-refractivity contribution in [3.8, 4) is 0 Å². The van der Waals surface area contributed by atoms with Gasteiger partial charge in [-0.1, -0.05) is 28.1 Å². The summed E-state index contributed by atoms with van der Waals surface area (Å²) < 4.78 is 6.26. The Morgan fingerprint density at radius 2 is 1.95 bits per heavy atom. The number of ketones is 1. The highest BCUT2D eigenvalue weighted by molar-refractivity contribution is 9.10. The van der Waals surface area contributed by atoms with E-state index >= 15 is 0 Å². The van der Waals surface area contributed by atoms with E-state index in [0.717, 1.165) is 15.6 Å². The van der Waals surface area contributed by atoms with E-state index in [0.29, 0.717) is 12.8 Å². The molecule has 1 unspecified atom stereocenters. The minimum atomic E-state index is -0.908. The summed E-state index contributed by atoms with van der Waals surface area (Å²) in [5.41, 5.74) is 0.655. The van der Waals surface area contributed by atoms with Crippen molar-refractivity contribution in [3.63, 3.8) is 0 Å². The van der Waals surface area contributed by atoms with Crippen LogP contribution in [0.25, 0.3) is 0 Å². The third-order valence-corrected chi connectivity index (χ3v) is 4.34. The second-order valence-electron chi connectivity index (χ2n) is 6.50. The van der Waals surface area contributed by atoms with Crippen LogP contribution >= 0.6 is 15.9 Å². The molecule has 1 N–H and O–H groups in total. The molecule has 0 heterocycles. The average Bonchev–Trinajstić information content (AvgIpc) is 2.67. The molecule has 0 aromatic heterocycles. The SMILES string of the molecule is CC(=O)C1(NC(=O)OC(C)(C)C)Cc2cccc(Br)c2C1. The Morgan fingerprint density at radius 1 is 1.29 bits per heavy atom.